The Kier molecular flexibility index (Phi) is 6.83. The molecule has 0 amide bonds. The Balaban J connectivity index is 1.06. The molecular formula is C51H31N5O. The van der Waals surface area contributed by atoms with Crippen LogP contribution in [0.4, 0.5) is 0 Å². The van der Waals surface area contributed by atoms with E-state index in [1.807, 2.05) is 60.7 Å². The van der Waals surface area contributed by atoms with Gasteiger partial charge in [0.15, 0.2) is 11.6 Å². The van der Waals surface area contributed by atoms with Crippen molar-refractivity contribution in [2.75, 3.05) is 0 Å². The van der Waals surface area contributed by atoms with Crippen LogP contribution in [-0.4, -0.2) is 24.1 Å². The summed E-state index contributed by atoms with van der Waals surface area (Å²) in [4.78, 5) is 15.5. The van der Waals surface area contributed by atoms with E-state index in [0.717, 1.165) is 71.7 Å². The van der Waals surface area contributed by atoms with Crippen LogP contribution < -0.4 is 0 Å². The monoisotopic (exact) mass is 729 g/mol. The summed E-state index contributed by atoms with van der Waals surface area (Å²) in [5, 5.41) is 6.79. The van der Waals surface area contributed by atoms with Crippen LogP contribution in [0.2, 0.25) is 0 Å². The van der Waals surface area contributed by atoms with Gasteiger partial charge in [-0.3, -0.25) is 4.57 Å². The maximum atomic E-state index is 6.48. The van der Waals surface area contributed by atoms with Crippen molar-refractivity contribution in [1.29, 1.82) is 0 Å². The van der Waals surface area contributed by atoms with E-state index in [1.165, 1.54) is 21.8 Å². The molecule has 4 heterocycles. The highest BCUT2D eigenvalue weighted by molar-refractivity contribution is 6.13. The number of benzene rings is 8. The van der Waals surface area contributed by atoms with E-state index in [2.05, 4.69) is 137 Å². The molecule has 4 aromatic heterocycles. The predicted molar refractivity (Wildman–Crippen MR) is 232 cm³/mol. The maximum Gasteiger partial charge on any atom is 0.238 e. The second-order valence-electron chi connectivity index (χ2n) is 14.4. The Morgan fingerprint density at radius 3 is 1.61 bits per heavy atom. The Bertz CT molecular complexity index is 3520. The average Bonchev–Trinajstić information content (AvgIpc) is 3.94. The second kappa shape index (κ2) is 12.3. The summed E-state index contributed by atoms with van der Waals surface area (Å²) in [7, 11) is 0. The quantitative estimate of drug-likeness (QED) is 0.177. The third kappa shape index (κ3) is 4.87. The van der Waals surface area contributed by atoms with Gasteiger partial charge in [0.1, 0.15) is 11.2 Å². The molecule has 0 aliphatic carbocycles. The van der Waals surface area contributed by atoms with Crippen molar-refractivity contribution in [2.24, 2.45) is 0 Å². The molecule has 6 heteroatoms. The zero-order valence-corrected chi connectivity index (χ0v) is 30.5. The molecular weight excluding hydrogens is 699 g/mol. The van der Waals surface area contributed by atoms with Crippen LogP contribution in [0.5, 0.6) is 0 Å². The Labute approximate surface area is 326 Å². The fourth-order valence-corrected chi connectivity index (χ4v) is 8.60. The fraction of sp³-hybridized carbons (Fsp3) is 0. The van der Waals surface area contributed by atoms with Crippen molar-refractivity contribution < 1.29 is 4.42 Å². The fourth-order valence-electron chi connectivity index (χ4n) is 8.60. The van der Waals surface area contributed by atoms with Crippen LogP contribution in [0, 0.1) is 0 Å². The van der Waals surface area contributed by atoms with Crippen molar-refractivity contribution in [3.63, 3.8) is 0 Å². The maximum absolute atomic E-state index is 6.48. The summed E-state index contributed by atoms with van der Waals surface area (Å²) in [6, 6.07) is 65.7. The van der Waals surface area contributed by atoms with Crippen molar-refractivity contribution in [3.05, 3.63) is 188 Å². The molecule has 0 radical (unpaired) electrons. The lowest BCUT2D eigenvalue weighted by molar-refractivity contribution is 0.669. The zero-order chi connectivity index (χ0) is 37.5. The molecule has 0 aliphatic rings. The standard InChI is InChI=1S/C51H31N5O/c1-3-14-32(15-4-1)49-52-50(40-22-13-21-39-38-20-9-12-25-47(38)57-48(39)40)54-51(53-49)56-44-24-11-8-19-37(44)42-31-34(27-29-46(42)56)33-26-28-45-41(30-33)36-18-7-10-23-43(36)55(45)35-16-5-2-6-17-35/h1-31H. The molecule has 0 fully saturated rings. The van der Waals surface area contributed by atoms with Crippen LogP contribution in [0.15, 0.2) is 192 Å². The number of hydrogen-bond donors (Lipinski definition) is 0. The summed E-state index contributed by atoms with van der Waals surface area (Å²) in [6.07, 6.45) is 0. The van der Waals surface area contributed by atoms with Gasteiger partial charge in [0.25, 0.3) is 0 Å². The van der Waals surface area contributed by atoms with Crippen molar-refractivity contribution in [3.8, 4) is 45.5 Å². The summed E-state index contributed by atoms with van der Waals surface area (Å²) >= 11 is 0. The molecule has 0 saturated carbocycles. The molecule has 0 saturated heterocycles. The van der Waals surface area contributed by atoms with Crippen LogP contribution >= 0.6 is 0 Å². The highest BCUT2D eigenvalue weighted by atomic mass is 16.3. The van der Waals surface area contributed by atoms with Gasteiger partial charge in [-0.2, -0.15) is 9.97 Å². The predicted octanol–water partition coefficient (Wildman–Crippen LogP) is 13.0. The van der Waals surface area contributed by atoms with Crippen molar-refractivity contribution in [1.82, 2.24) is 24.1 Å². The molecule has 8 aromatic carbocycles. The summed E-state index contributed by atoms with van der Waals surface area (Å²) in [6.45, 7) is 0. The van der Waals surface area contributed by atoms with Gasteiger partial charge in [-0.05, 0) is 71.8 Å². The molecule has 0 atom stereocenters. The van der Waals surface area contributed by atoms with Crippen LogP contribution in [0.25, 0.3) is 111 Å². The number of rotatable bonds is 5. The first-order valence-corrected chi connectivity index (χ1v) is 19.1. The van der Waals surface area contributed by atoms with E-state index >= 15 is 0 Å². The minimum Gasteiger partial charge on any atom is -0.455 e. The molecule has 0 aliphatic heterocycles. The lowest BCUT2D eigenvalue weighted by Gasteiger charge is -2.11. The third-order valence-corrected chi connectivity index (χ3v) is 11.2. The van der Waals surface area contributed by atoms with E-state index in [-0.39, 0.29) is 0 Å². The number of aromatic nitrogens is 5. The molecule has 266 valence electrons. The second-order valence-corrected chi connectivity index (χ2v) is 14.4. The summed E-state index contributed by atoms with van der Waals surface area (Å²) < 4.78 is 11.0. The molecule has 0 spiro atoms. The van der Waals surface area contributed by atoms with E-state index in [1.54, 1.807) is 0 Å². The summed E-state index contributed by atoms with van der Waals surface area (Å²) in [5.41, 5.74) is 11.2. The Morgan fingerprint density at radius 1 is 0.351 bits per heavy atom. The average molecular weight is 730 g/mol. The SMILES string of the molecule is c1ccc(-c2nc(-c3cccc4c3oc3ccccc34)nc(-n3c4ccccc4c4cc(-c5ccc6c(c5)c5ccccc5n6-c5ccccc5)ccc43)n2)cc1. The Hall–Kier alpha value is -7.83. The molecule has 12 aromatic rings. The van der Waals surface area contributed by atoms with E-state index in [9.17, 15) is 0 Å². The topological polar surface area (TPSA) is 61.7 Å². The van der Waals surface area contributed by atoms with E-state index in [4.69, 9.17) is 19.4 Å². The highest BCUT2D eigenvalue weighted by Gasteiger charge is 2.21. The van der Waals surface area contributed by atoms with Gasteiger partial charge in [0, 0.05) is 43.6 Å². The first-order valence-electron chi connectivity index (χ1n) is 19.1. The van der Waals surface area contributed by atoms with Crippen LogP contribution in [-0.2, 0) is 0 Å². The third-order valence-electron chi connectivity index (χ3n) is 11.2. The summed E-state index contributed by atoms with van der Waals surface area (Å²) in [5.74, 6) is 1.68. The minimum atomic E-state index is 0.543. The molecule has 0 N–H and O–H groups in total. The molecule has 57 heavy (non-hydrogen) atoms. The van der Waals surface area contributed by atoms with E-state index in [0.29, 0.717) is 17.6 Å². The van der Waals surface area contributed by atoms with Crippen LogP contribution in [0.3, 0.4) is 0 Å². The van der Waals surface area contributed by atoms with Gasteiger partial charge in [0.2, 0.25) is 5.95 Å². The van der Waals surface area contributed by atoms with Crippen LogP contribution in [0.1, 0.15) is 0 Å². The van der Waals surface area contributed by atoms with Gasteiger partial charge in [-0.25, -0.2) is 4.98 Å². The highest BCUT2D eigenvalue weighted by Crippen LogP contribution is 2.39. The van der Waals surface area contributed by atoms with E-state index < -0.39 is 0 Å². The van der Waals surface area contributed by atoms with Gasteiger partial charge in [-0.15, -0.1) is 0 Å². The van der Waals surface area contributed by atoms with Gasteiger partial charge < -0.3 is 8.98 Å². The van der Waals surface area contributed by atoms with Crippen molar-refractivity contribution in [2.45, 2.75) is 0 Å². The smallest absolute Gasteiger partial charge is 0.238 e. The lowest BCUT2D eigenvalue weighted by Crippen LogP contribution is -2.06. The molecule has 6 nitrogen and oxygen atoms in total. The number of hydrogen-bond acceptors (Lipinski definition) is 4. The lowest BCUT2D eigenvalue weighted by atomic mass is 10.0. The molecule has 0 unspecified atom stereocenters. The van der Waals surface area contributed by atoms with Crippen molar-refractivity contribution >= 4 is 65.6 Å². The number of furan rings is 1. The number of fused-ring (bicyclic) bond motifs is 9. The molecule has 0 bridgehead atoms. The first-order chi connectivity index (χ1) is 28.3. The van der Waals surface area contributed by atoms with Gasteiger partial charge in [0.05, 0.1) is 27.6 Å². The first kappa shape index (κ1) is 31.5. The normalized spacial score (nSPS) is 11.9. The molecule has 12 rings (SSSR count). The van der Waals surface area contributed by atoms with Gasteiger partial charge >= 0.3 is 0 Å². The van der Waals surface area contributed by atoms with Gasteiger partial charge in [-0.1, -0.05) is 127 Å². The number of para-hydroxylation sites is 5. The largest absolute Gasteiger partial charge is 0.455 e. The number of nitrogens with zero attached hydrogens (tertiary/aromatic N) is 5. The zero-order valence-electron chi connectivity index (χ0n) is 30.5. The Morgan fingerprint density at radius 2 is 0.895 bits per heavy atom. The minimum absolute atomic E-state index is 0.543.